The molecule has 0 radical (unpaired) electrons. The van der Waals surface area contributed by atoms with E-state index in [1.807, 2.05) is 55.6 Å². The monoisotopic (exact) mass is 404 g/mol. The zero-order valence-corrected chi connectivity index (χ0v) is 17.5. The average molecular weight is 405 g/mol. The molecule has 30 heavy (non-hydrogen) atoms. The second kappa shape index (κ2) is 9.09. The van der Waals surface area contributed by atoms with Crippen LogP contribution in [0, 0.1) is 6.92 Å². The summed E-state index contributed by atoms with van der Waals surface area (Å²) in [6.07, 6.45) is 3.48. The number of amides is 1. The molecule has 1 aromatic carbocycles. The second-order valence-electron chi connectivity index (χ2n) is 7.74. The van der Waals surface area contributed by atoms with Crippen LogP contribution in [-0.2, 0) is 0 Å². The van der Waals surface area contributed by atoms with Crippen LogP contribution in [0.25, 0.3) is 5.69 Å². The summed E-state index contributed by atoms with van der Waals surface area (Å²) in [6.45, 7) is 8.62. The van der Waals surface area contributed by atoms with E-state index in [2.05, 4.69) is 38.2 Å². The number of hydrogen-bond donors (Lipinski definition) is 1. The Morgan fingerprint density at radius 3 is 2.50 bits per heavy atom. The summed E-state index contributed by atoms with van der Waals surface area (Å²) in [6, 6.07) is 15.9. The highest BCUT2D eigenvalue weighted by Crippen LogP contribution is 2.15. The van der Waals surface area contributed by atoms with E-state index in [0.717, 1.165) is 49.9 Å². The largest absolute Gasteiger partial charge is 0.354 e. The van der Waals surface area contributed by atoms with Crippen molar-refractivity contribution in [3.05, 3.63) is 72.2 Å². The summed E-state index contributed by atoms with van der Waals surface area (Å²) < 4.78 is 1.80. The molecule has 3 heterocycles. The molecule has 7 heteroatoms. The number of carbonyl (C=O) groups is 1. The van der Waals surface area contributed by atoms with Crippen molar-refractivity contribution in [1.82, 2.24) is 25.0 Å². The topological polar surface area (TPSA) is 66.3 Å². The molecule has 156 valence electrons. The van der Waals surface area contributed by atoms with Crippen LogP contribution in [-0.4, -0.2) is 64.3 Å². The highest BCUT2D eigenvalue weighted by Gasteiger charge is 2.21. The number of rotatable bonds is 6. The van der Waals surface area contributed by atoms with Crippen molar-refractivity contribution in [3.8, 4) is 5.69 Å². The van der Waals surface area contributed by atoms with Crippen molar-refractivity contribution in [3.63, 3.8) is 0 Å². The molecule has 7 nitrogen and oxygen atoms in total. The Morgan fingerprint density at radius 2 is 1.80 bits per heavy atom. The van der Waals surface area contributed by atoms with E-state index >= 15 is 0 Å². The number of anilines is 1. The van der Waals surface area contributed by atoms with Crippen LogP contribution in [0.5, 0.6) is 0 Å². The molecule has 0 bridgehead atoms. The van der Waals surface area contributed by atoms with Gasteiger partial charge in [0.1, 0.15) is 5.82 Å². The summed E-state index contributed by atoms with van der Waals surface area (Å²) in [5.74, 6) is 0.957. The Morgan fingerprint density at radius 1 is 1.07 bits per heavy atom. The van der Waals surface area contributed by atoms with Gasteiger partial charge in [0.05, 0.1) is 23.1 Å². The normalized spacial score (nSPS) is 15.7. The summed E-state index contributed by atoms with van der Waals surface area (Å²) >= 11 is 0. The van der Waals surface area contributed by atoms with Crippen molar-refractivity contribution < 1.29 is 4.79 Å². The quantitative estimate of drug-likeness (QED) is 0.684. The maximum atomic E-state index is 12.8. The number of aromatic nitrogens is 3. The summed E-state index contributed by atoms with van der Waals surface area (Å²) in [5.41, 5.74) is 2.41. The highest BCUT2D eigenvalue weighted by molar-refractivity contribution is 5.95. The SMILES string of the molecule is Cc1c(C(=O)NC(C)CN2CCN(c3ccccn3)CC2)cnn1-c1ccccc1. The predicted molar refractivity (Wildman–Crippen MR) is 118 cm³/mol. The second-order valence-corrected chi connectivity index (χ2v) is 7.74. The number of pyridine rings is 1. The van der Waals surface area contributed by atoms with E-state index in [9.17, 15) is 4.79 Å². The zero-order chi connectivity index (χ0) is 20.9. The first-order valence-corrected chi connectivity index (χ1v) is 10.4. The Hall–Kier alpha value is -3.19. The van der Waals surface area contributed by atoms with Crippen LogP contribution < -0.4 is 10.2 Å². The van der Waals surface area contributed by atoms with Gasteiger partial charge in [0.15, 0.2) is 0 Å². The molecule has 1 amide bonds. The molecule has 3 aromatic rings. The van der Waals surface area contributed by atoms with E-state index in [1.165, 1.54) is 0 Å². The van der Waals surface area contributed by atoms with Crippen molar-refractivity contribution in [2.75, 3.05) is 37.6 Å². The Bertz CT molecular complexity index is 964. The minimum atomic E-state index is -0.0747. The molecule has 0 aliphatic carbocycles. The van der Waals surface area contributed by atoms with Gasteiger partial charge in [-0.15, -0.1) is 0 Å². The molecular formula is C23H28N6O. The van der Waals surface area contributed by atoms with Gasteiger partial charge in [-0.05, 0) is 38.1 Å². The molecule has 0 saturated carbocycles. The maximum absolute atomic E-state index is 12.8. The van der Waals surface area contributed by atoms with Gasteiger partial charge in [0.2, 0.25) is 0 Å². The lowest BCUT2D eigenvalue weighted by atomic mass is 10.2. The van der Waals surface area contributed by atoms with Gasteiger partial charge in [-0.3, -0.25) is 9.69 Å². The van der Waals surface area contributed by atoms with Crippen LogP contribution in [0.2, 0.25) is 0 Å². The molecule has 1 fully saturated rings. The van der Waals surface area contributed by atoms with Gasteiger partial charge in [-0.2, -0.15) is 5.10 Å². The number of benzene rings is 1. The van der Waals surface area contributed by atoms with Gasteiger partial charge in [0.25, 0.3) is 5.91 Å². The molecule has 1 saturated heterocycles. The van der Waals surface area contributed by atoms with Gasteiger partial charge < -0.3 is 10.2 Å². The third-order valence-electron chi connectivity index (χ3n) is 5.51. The van der Waals surface area contributed by atoms with Crippen molar-refractivity contribution >= 4 is 11.7 Å². The van der Waals surface area contributed by atoms with Crippen molar-refractivity contribution in [2.45, 2.75) is 19.9 Å². The molecule has 1 atom stereocenters. The molecular weight excluding hydrogens is 376 g/mol. The fraction of sp³-hybridized carbons (Fsp3) is 0.348. The molecule has 1 unspecified atom stereocenters. The first-order chi connectivity index (χ1) is 14.6. The molecule has 1 aliphatic heterocycles. The first kappa shape index (κ1) is 20.1. The fourth-order valence-electron chi connectivity index (χ4n) is 3.90. The van der Waals surface area contributed by atoms with E-state index < -0.39 is 0 Å². The van der Waals surface area contributed by atoms with E-state index in [0.29, 0.717) is 5.56 Å². The summed E-state index contributed by atoms with van der Waals surface area (Å²) in [7, 11) is 0. The lowest BCUT2D eigenvalue weighted by Crippen LogP contribution is -2.51. The van der Waals surface area contributed by atoms with Gasteiger partial charge in [-0.25, -0.2) is 9.67 Å². The Balaban J connectivity index is 1.30. The molecule has 2 aromatic heterocycles. The van der Waals surface area contributed by atoms with E-state index in [-0.39, 0.29) is 11.9 Å². The number of nitrogens with zero attached hydrogens (tertiary/aromatic N) is 5. The lowest BCUT2D eigenvalue weighted by molar-refractivity contribution is 0.0927. The van der Waals surface area contributed by atoms with Crippen LogP contribution in [0.15, 0.2) is 60.9 Å². The fourth-order valence-corrected chi connectivity index (χ4v) is 3.90. The van der Waals surface area contributed by atoms with E-state index in [4.69, 9.17) is 0 Å². The smallest absolute Gasteiger partial charge is 0.255 e. The predicted octanol–water partition coefficient (Wildman–Crippen LogP) is 2.52. The van der Waals surface area contributed by atoms with Gasteiger partial charge >= 0.3 is 0 Å². The standard InChI is InChI=1S/C23H28N6O/c1-18(17-27-12-14-28(15-13-27)22-10-6-7-11-24-22)26-23(30)21-16-25-29(19(21)2)20-8-4-3-5-9-20/h3-11,16,18H,12-15,17H2,1-2H3,(H,26,30). The maximum Gasteiger partial charge on any atom is 0.255 e. The minimum Gasteiger partial charge on any atom is -0.354 e. The number of hydrogen-bond acceptors (Lipinski definition) is 5. The lowest BCUT2D eigenvalue weighted by Gasteiger charge is -2.36. The highest BCUT2D eigenvalue weighted by atomic mass is 16.1. The van der Waals surface area contributed by atoms with E-state index in [1.54, 1.807) is 10.9 Å². The number of piperazine rings is 1. The van der Waals surface area contributed by atoms with Crippen molar-refractivity contribution in [1.29, 1.82) is 0 Å². The zero-order valence-electron chi connectivity index (χ0n) is 17.5. The Kier molecular flexibility index (Phi) is 6.09. The average Bonchev–Trinajstić information content (AvgIpc) is 3.17. The van der Waals surface area contributed by atoms with Crippen LogP contribution in [0.3, 0.4) is 0 Å². The third-order valence-corrected chi connectivity index (χ3v) is 5.51. The molecule has 1 aliphatic rings. The van der Waals surface area contributed by atoms with Crippen LogP contribution in [0.1, 0.15) is 23.0 Å². The summed E-state index contributed by atoms with van der Waals surface area (Å²) in [5, 5.41) is 7.53. The number of carbonyl (C=O) groups excluding carboxylic acids is 1. The molecule has 0 spiro atoms. The van der Waals surface area contributed by atoms with Gasteiger partial charge in [0, 0.05) is 45.0 Å². The number of nitrogens with one attached hydrogen (secondary N) is 1. The third kappa shape index (κ3) is 4.52. The number of para-hydroxylation sites is 1. The molecule has 1 N–H and O–H groups in total. The van der Waals surface area contributed by atoms with Gasteiger partial charge in [-0.1, -0.05) is 24.3 Å². The Labute approximate surface area is 177 Å². The van der Waals surface area contributed by atoms with Crippen LogP contribution in [0.4, 0.5) is 5.82 Å². The first-order valence-electron chi connectivity index (χ1n) is 10.4. The minimum absolute atomic E-state index is 0.0541. The molecule has 4 rings (SSSR count). The van der Waals surface area contributed by atoms with Crippen molar-refractivity contribution in [2.24, 2.45) is 0 Å². The van der Waals surface area contributed by atoms with Crippen LogP contribution >= 0.6 is 0 Å². The summed E-state index contributed by atoms with van der Waals surface area (Å²) in [4.78, 5) is 21.9.